The van der Waals surface area contributed by atoms with E-state index in [1.54, 1.807) is 18.2 Å². The molecule has 1 unspecified atom stereocenters. The molecule has 0 fully saturated rings. The second kappa shape index (κ2) is 6.92. The number of alkyl halides is 1. The maximum atomic E-state index is 15.0. The number of hydrogen-bond donors (Lipinski definition) is 1. The molecule has 0 saturated heterocycles. The van der Waals surface area contributed by atoms with Gasteiger partial charge in [-0.3, -0.25) is 0 Å². The van der Waals surface area contributed by atoms with Crippen LogP contribution in [0.15, 0.2) is 18.2 Å². The summed E-state index contributed by atoms with van der Waals surface area (Å²) in [5.74, 6) is 0.468. The fourth-order valence-corrected chi connectivity index (χ4v) is 2.10. The molecule has 0 amide bonds. The maximum Gasteiger partial charge on any atom is 0.162 e. The number of nitrogens with two attached hydrogens (primary N) is 1. The predicted molar refractivity (Wildman–Crippen MR) is 71.0 cm³/mol. The number of hydrogen-bond acceptors (Lipinski definition) is 3. The molecule has 1 rings (SSSR count). The molecule has 0 aliphatic heterocycles. The topological polar surface area (TPSA) is 44.5 Å². The minimum absolute atomic E-state index is 0.0519. The average Bonchev–Trinajstić information content (AvgIpc) is 2.36. The van der Waals surface area contributed by atoms with E-state index in [1.807, 2.05) is 0 Å². The Labute approximate surface area is 112 Å². The van der Waals surface area contributed by atoms with Crippen molar-refractivity contribution in [3.8, 4) is 5.75 Å². The van der Waals surface area contributed by atoms with Crippen molar-refractivity contribution in [3.63, 3.8) is 0 Å². The molecule has 0 heterocycles. The van der Waals surface area contributed by atoms with Gasteiger partial charge < -0.3 is 15.2 Å². The fraction of sp³-hybridized carbons (Fsp3) is 0.538. The summed E-state index contributed by atoms with van der Waals surface area (Å²) in [5, 5.41) is 0.469. The summed E-state index contributed by atoms with van der Waals surface area (Å²) >= 11 is 5.93. The Morgan fingerprint density at radius 3 is 2.67 bits per heavy atom. The summed E-state index contributed by atoms with van der Waals surface area (Å²) in [6.45, 7) is 0.377. The van der Waals surface area contributed by atoms with Crippen LogP contribution >= 0.6 is 11.6 Å². The zero-order valence-electron chi connectivity index (χ0n) is 10.7. The third-order valence-corrected chi connectivity index (χ3v) is 3.03. The summed E-state index contributed by atoms with van der Waals surface area (Å²) in [6, 6.07) is 4.90. The minimum Gasteiger partial charge on any atom is -0.496 e. The van der Waals surface area contributed by atoms with Crippen molar-refractivity contribution in [3.05, 3.63) is 28.8 Å². The standard InChI is InChI=1S/C13H19ClFNO2/c1-17-9-13(15,6-3-7-16)11-8-10(14)4-5-12(11)18-2/h4-5,8H,3,6-7,9,16H2,1-2H3. The van der Waals surface area contributed by atoms with Crippen molar-refractivity contribution in [2.24, 2.45) is 5.73 Å². The minimum atomic E-state index is -1.63. The van der Waals surface area contributed by atoms with E-state index in [1.165, 1.54) is 14.2 Å². The normalized spacial score (nSPS) is 14.3. The Balaban J connectivity index is 3.14. The first kappa shape index (κ1) is 15.2. The second-order valence-corrected chi connectivity index (χ2v) is 4.57. The van der Waals surface area contributed by atoms with Crippen LogP contribution in [0.5, 0.6) is 5.75 Å². The van der Waals surface area contributed by atoms with Crippen molar-refractivity contribution >= 4 is 11.6 Å². The van der Waals surface area contributed by atoms with Gasteiger partial charge in [0, 0.05) is 17.7 Å². The fourth-order valence-electron chi connectivity index (χ4n) is 1.93. The van der Waals surface area contributed by atoms with Gasteiger partial charge in [-0.2, -0.15) is 0 Å². The van der Waals surface area contributed by atoms with Crippen molar-refractivity contribution < 1.29 is 13.9 Å². The molecule has 0 aliphatic rings. The number of benzene rings is 1. The molecule has 0 radical (unpaired) electrons. The molecule has 1 aromatic rings. The Bertz CT molecular complexity index is 389. The SMILES string of the molecule is COCC(F)(CCCN)c1cc(Cl)ccc1OC. The first-order valence-electron chi connectivity index (χ1n) is 5.79. The maximum absolute atomic E-state index is 15.0. The molecule has 1 atom stereocenters. The highest BCUT2D eigenvalue weighted by Gasteiger charge is 2.34. The quantitative estimate of drug-likeness (QED) is 0.832. The van der Waals surface area contributed by atoms with Crippen LogP contribution in [-0.4, -0.2) is 27.4 Å². The van der Waals surface area contributed by atoms with E-state index in [0.29, 0.717) is 29.3 Å². The van der Waals surface area contributed by atoms with E-state index < -0.39 is 5.67 Å². The summed E-state index contributed by atoms with van der Waals surface area (Å²) in [6.07, 6.45) is 0.837. The van der Waals surface area contributed by atoms with E-state index in [-0.39, 0.29) is 13.0 Å². The highest BCUT2D eigenvalue weighted by Crippen LogP contribution is 2.38. The van der Waals surface area contributed by atoms with Gasteiger partial charge in [0.05, 0.1) is 13.7 Å². The summed E-state index contributed by atoms with van der Waals surface area (Å²) in [5.41, 5.74) is 4.22. The molecule has 0 spiro atoms. The zero-order chi connectivity index (χ0) is 13.6. The van der Waals surface area contributed by atoms with E-state index in [2.05, 4.69) is 0 Å². The van der Waals surface area contributed by atoms with Crippen LogP contribution in [0.1, 0.15) is 18.4 Å². The molecule has 2 N–H and O–H groups in total. The van der Waals surface area contributed by atoms with Gasteiger partial charge >= 0.3 is 0 Å². The lowest BCUT2D eigenvalue weighted by atomic mass is 9.90. The van der Waals surface area contributed by atoms with E-state index in [0.717, 1.165) is 0 Å². The van der Waals surface area contributed by atoms with Crippen molar-refractivity contribution in [1.29, 1.82) is 0 Å². The highest BCUT2D eigenvalue weighted by atomic mass is 35.5. The van der Waals surface area contributed by atoms with Crippen LogP contribution < -0.4 is 10.5 Å². The molecule has 3 nitrogen and oxygen atoms in total. The van der Waals surface area contributed by atoms with E-state index >= 15 is 4.39 Å². The van der Waals surface area contributed by atoms with Gasteiger partial charge in [0.25, 0.3) is 0 Å². The van der Waals surface area contributed by atoms with Gasteiger partial charge in [-0.15, -0.1) is 0 Å². The van der Waals surface area contributed by atoms with Crippen molar-refractivity contribution in [2.75, 3.05) is 27.4 Å². The van der Waals surface area contributed by atoms with Crippen LogP contribution in [-0.2, 0) is 10.4 Å². The van der Waals surface area contributed by atoms with E-state index in [9.17, 15) is 0 Å². The average molecular weight is 276 g/mol. The number of methoxy groups -OCH3 is 2. The monoisotopic (exact) mass is 275 g/mol. The van der Waals surface area contributed by atoms with Gasteiger partial charge in [0.2, 0.25) is 0 Å². The van der Waals surface area contributed by atoms with Gasteiger partial charge in [0.15, 0.2) is 5.67 Å². The van der Waals surface area contributed by atoms with Crippen LogP contribution in [0.4, 0.5) is 4.39 Å². The largest absolute Gasteiger partial charge is 0.496 e. The molecular weight excluding hydrogens is 257 g/mol. The number of halogens is 2. The van der Waals surface area contributed by atoms with Gasteiger partial charge in [0.1, 0.15) is 5.75 Å². The first-order valence-corrected chi connectivity index (χ1v) is 6.17. The van der Waals surface area contributed by atoms with Gasteiger partial charge in [-0.1, -0.05) is 11.6 Å². The third-order valence-electron chi connectivity index (χ3n) is 2.79. The zero-order valence-corrected chi connectivity index (χ0v) is 11.5. The molecule has 5 heteroatoms. The van der Waals surface area contributed by atoms with Crippen molar-refractivity contribution in [2.45, 2.75) is 18.5 Å². The summed E-state index contributed by atoms with van der Waals surface area (Å²) < 4.78 is 25.2. The molecule has 18 heavy (non-hydrogen) atoms. The van der Waals surface area contributed by atoms with Crippen LogP contribution in [0.2, 0.25) is 5.02 Å². The Hall–Kier alpha value is -0.840. The molecular formula is C13H19ClFNO2. The Morgan fingerprint density at radius 2 is 2.11 bits per heavy atom. The molecule has 0 saturated carbocycles. The van der Waals surface area contributed by atoms with Crippen molar-refractivity contribution in [1.82, 2.24) is 0 Å². The first-order chi connectivity index (χ1) is 8.57. The lowest BCUT2D eigenvalue weighted by molar-refractivity contribution is 0.0286. The smallest absolute Gasteiger partial charge is 0.162 e. The Kier molecular flexibility index (Phi) is 5.85. The van der Waals surface area contributed by atoms with E-state index in [4.69, 9.17) is 26.8 Å². The molecule has 102 valence electrons. The molecule has 0 aliphatic carbocycles. The second-order valence-electron chi connectivity index (χ2n) is 4.14. The molecule has 1 aromatic carbocycles. The Morgan fingerprint density at radius 1 is 1.39 bits per heavy atom. The van der Waals surface area contributed by atoms with Crippen LogP contribution in [0.3, 0.4) is 0 Å². The van der Waals surface area contributed by atoms with Crippen LogP contribution in [0, 0.1) is 0 Å². The molecule has 0 bridgehead atoms. The van der Waals surface area contributed by atoms with Gasteiger partial charge in [-0.05, 0) is 37.6 Å². The highest BCUT2D eigenvalue weighted by molar-refractivity contribution is 6.30. The number of rotatable bonds is 7. The lowest BCUT2D eigenvalue weighted by Gasteiger charge is -2.26. The predicted octanol–water partition coefficient (Wildman–Crippen LogP) is 2.90. The van der Waals surface area contributed by atoms with Crippen LogP contribution in [0.25, 0.3) is 0 Å². The summed E-state index contributed by atoms with van der Waals surface area (Å²) in [4.78, 5) is 0. The number of ether oxygens (including phenoxy) is 2. The summed E-state index contributed by atoms with van der Waals surface area (Å²) in [7, 11) is 2.97. The van der Waals surface area contributed by atoms with Gasteiger partial charge in [-0.25, -0.2) is 4.39 Å². The third kappa shape index (κ3) is 3.57. The molecule has 0 aromatic heterocycles. The lowest BCUT2D eigenvalue weighted by Crippen LogP contribution is -2.28.